The first-order chi connectivity index (χ1) is 13.7. The number of piperidine rings is 1. The summed E-state index contributed by atoms with van der Waals surface area (Å²) < 4.78 is 18.5. The number of anilines is 1. The molecule has 0 spiro atoms. The van der Waals surface area contributed by atoms with E-state index >= 15 is 0 Å². The number of ether oxygens (including phenoxy) is 1. The first-order valence-corrected chi connectivity index (χ1v) is 10.8. The van der Waals surface area contributed by atoms with Crippen molar-refractivity contribution in [2.24, 2.45) is 4.99 Å². The van der Waals surface area contributed by atoms with Gasteiger partial charge in [-0.15, -0.1) is 11.3 Å². The van der Waals surface area contributed by atoms with Crippen molar-refractivity contribution in [3.63, 3.8) is 0 Å². The molecule has 1 aliphatic rings. The maximum absolute atomic E-state index is 12.9. The summed E-state index contributed by atoms with van der Waals surface area (Å²) >= 11 is 1.81. The van der Waals surface area contributed by atoms with Gasteiger partial charge in [-0.25, -0.2) is 4.39 Å². The number of hydrogen-bond acceptors (Lipinski definition) is 4. The zero-order valence-electron chi connectivity index (χ0n) is 16.4. The maximum Gasteiger partial charge on any atom is 0.191 e. The summed E-state index contributed by atoms with van der Waals surface area (Å²) in [7, 11) is 1.81. The van der Waals surface area contributed by atoms with Gasteiger partial charge in [0.1, 0.15) is 11.6 Å². The average Bonchev–Trinajstić information content (AvgIpc) is 3.26. The zero-order chi connectivity index (χ0) is 19.6. The molecule has 152 valence electrons. The number of aliphatic imine (C=N–C) groups is 1. The smallest absolute Gasteiger partial charge is 0.191 e. The Morgan fingerprint density at radius 3 is 2.68 bits per heavy atom. The van der Waals surface area contributed by atoms with Crippen molar-refractivity contribution in [2.45, 2.75) is 31.7 Å². The number of nitrogens with one attached hydrogen (secondary N) is 2. The van der Waals surface area contributed by atoms with E-state index in [0.29, 0.717) is 18.4 Å². The summed E-state index contributed by atoms with van der Waals surface area (Å²) in [5.74, 6) is 1.34. The Morgan fingerprint density at radius 2 is 2.00 bits per heavy atom. The van der Waals surface area contributed by atoms with Crippen LogP contribution in [0.25, 0.3) is 0 Å². The fourth-order valence-corrected chi connectivity index (χ4v) is 4.02. The lowest BCUT2D eigenvalue weighted by Crippen LogP contribution is -2.48. The number of benzene rings is 1. The van der Waals surface area contributed by atoms with Gasteiger partial charge in [0.25, 0.3) is 0 Å². The van der Waals surface area contributed by atoms with Crippen molar-refractivity contribution in [1.29, 1.82) is 0 Å². The van der Waals surface area contributed by atoms with Crippen LogP contribution in [0.1, 0.15) is 25.7 Å². The Bertz CT molecular complexity index is 713. The maximum atomic E-state index is 12.9. The molecule has 2 heterocycles. The van der Waals surface area contributed by atoms with E-state index in [4.69, 9.17) is 4.74 Å². The number of halogens is 1. The van der Waals surface area contributed by atoms with E-state index in [1.54, 1.807) is 12.1 Å². The summed E-state index contributed by atoms with van der Waals surface area (Å²) in [6, 6.07) is 10.9. The Kier molecular flexibility index (Phi) is 7.96. The molecule has 0 saturated carbocycles. The van der Waals surface area contributed by atoms with Gasteiger partial charge in [0.15, 0.2) is 5.96 Å². The van der Waals surface area contributed by atoms with E-state index in [1.807, 2.05) is 18.4 Å². The molecule has 1 fully saturated rings. The van der Waals surface area contributed by atoms with Crippen LogP contribution < -0.4 is 20.3 Å². The molecule has 1 aromatic heterocycles. The van der Waals surface area contributed by atoms with Crippen molar-refractivity contribution in [1.82, 2.24) is 10.6 Å². The predicted molar refractivity (Wildman–Crippen MR) is 115 cm³/mol. The minimum Gasteiger partial charge on any atom is -0.494 e. The summed E-state index contributed by atoms with van der Waals surface area (Å²) in [6.45, 7) is 3.63. The van der Waals surface area contributed by atoms with Crippen molar-refractivity contribution in [2.75, 3.05) is 38.2 Å². The second-order valence-corrected chi connectivity index (χ2v) is 7.79. The van der Waals surface area contributed by atoms with Crippen LogP contribution in [0.4, 0.5) is 9.39 Å². The van der Waals surface area contributed by atoms with Gasteiger partial charge >= 0.3 is 0 Å². The minimum absolute atomic E-state index is 0.243. The number of thiophene rings is 1. The molecule has 0 unspecified atom stereocenters. The van der Waals surface area contributed by atoms with Crippen LogP contribution in [0, 0.1) is 5.82 Å². The average molecular weight is 405 g/mol. The summed E-state index contributed by atoms with van der Waals surface area (Å²) in [5.41, 5.74) is 0. The van der Waals surface area contributed by atoms with Crippen molar-refractivity contribution in [3.05, 3.63) is 47.6 Å². The van der Waals surface area contributed by atoms with Crippen LogP contribution in [0.15, 0.2) is 46.8 Å². The van der Waals surface area contributed by atoms with Gasteiger partial charge in [0.05, 0.1) is 11.6 Å². The number of hydrogen-bond donors (Lipinski definition) is 2. The van der Waals surface area contributed by atoms with Gasteiger partial charge in [-0.1, -0.05) is 0 Å². The van der Waals surface area contributed by atoms with Crippen LogP contribution >= 0.6 is 11.3 Å². The normalized spacial score (nSPS) is 15.5. The fourth-order valence-electron chi connectivity index (χ4n) is 3.24. The molecule has 0 bridgehead atoms. The molecule has 1 aliphatic heterocycles. The molecule has 3 rings (SSSR count). The third kappa shape index (κ3) is 6.41. The van der Waals surface area contributed by atoms with Gasteiger partial charge in [0, 0.05) is 32.7 Å². The highest BCUT2D eigenvalue weighted by Crippen LogP contribution is 2.24. The molecule has 7 heteroatoms. The SMILES string of the molecule is CN=C(NCCCCOc1ccc(F)cc1)NC1CCN(c2cccs2)CC1. The first kappa shape index (κ1) is 20.5. The third-order valence-electron chi connectivity index (χ3n) is 4.82. The van der Waals surface area contributed by atoms with Gasteiger partial charge < -0.3 is 20.3 Å². The highest BCUT2D eigenvalue weighted by atomic mass is 32.1. The predicted octanol–water partition coefficient (Wildman–Crippen LogP) is 3.88. The number of guanidine groups is 1. The largest absolute Gasteiger partial charge is 0.494 e. The lowest BCUT2D eigenvalue weighted by molar-refractivity contribution is 0.306. The monoisotopic (exact) mass is 404 g/mol. The lowest BCUT2D eigenvalue weighted by atomic mass is 10.1. The molecule has 5 nitrogen and oxygen atoms in total. The topological polar surface area (TPSA) is 48.9 Å². The van der Waals surface area contributed by atoms with Gasteiger partial charge in [-0.05, 0) is 67.5 Å². The quantitative estimate of drug-likeness (QED) is 0.398. The summed E-state index contributed by atoms with van der Waals surface area (Å²) in [5, 5.41) is 10.4. The Labute approximate surface area is 170 Å². The van der Waals surface area contributed by atoms with E-state index in [1.165, 1.54) is 17.1 Å². The molecule has 28 heavy (non-hydrogen) atoms. The fraction of sp³-hybridized carbons (Fsp3) is 0.476. The molecule has 1 aromatic carbocycles. The Hall–Kier alpha value is -2.28. The Morgan fingerprint density at radius 1 is 1.21 bits per heavy atom. The number of unbranched alkanes of at least 4 members (excludes halogenated alkanes) is 1. The number of rotatable bonds is 8. The standard InChI is InChI=1S/C21H29FN4OS/c1-23-21(24-12-2-3-15-27-19-8-6-17(22)7-9-19)25-18-10-13-26(14-11-18)20-5-4-16-28-20/h4-9,16,18H,2-3,10-15H2,1H3,(H2,23,24,25). The second-order valence-electron chi connectivity index (χ2n) is 6.87. The molecule has 2 N–H and O–H groups in total. The summed E-state index contributed by atoms with van der Waals surface area (Å²) in [6.07, 6.45) is 4.15. The van der Waals surface area contributed by atoms with Crippen LogP contribution in [0.2, 0.25) is 0 Å². The summed E-state index contributed by atoms with van der Waals surface area (Å²) in [4.78, 5) is 6.80. The molecule has 0 atom stereocenters. The Balaban J connectivity index is 1.27. The minimum atomic E-state index is -0.243. The van der Waals surface area contributed by atoms with E-state index < -0.39 is 0 Å². The van der Waals surface area contributed by atoms with E-state index in [2.05, 4.69) is 38.0 Å². The number of nitrogens with zero attached hydrogens (tertiary/aromatic N) is 2. The van der Waals surface area contributed by atoms with E-state index in [9.17, 15) is 4.39 Å². The first-order valence-electron chi connectivity index (χ1n) is 9.88. The van der Waals surface area contributed by atoms with Crippen LogP contribution in [-0.4, -0.2) is 45.3 Å². The molecule has 2 aromatic rings. The molecule has 0 aliphatic carbocycles. The molecule has 0 radical (unpaired) electrons. The van der Waals surface area contributed by atoms with Gasteiger partial charge in [0.2, 0.25) is 0 Å². The van der Waals surface area contributed by atoms with Crippen LogP contribution in [-0.2, 0) is 0 Å². The van der Waals surface area contributed by atoms with Gasteiger partial charge in [-0.3, -0.25) is 4.99 Å². The third-order valence-corrected chi connectivity index (χ3v) is 5.75. The molecular weight excluding hydrogens is 375 g/mol. The van der Waals surface area contributed by atoms with Crippen LogP contribution in [0.5, 0.6) is 5.75 Å². The molecular formula is C21H29FN4OS. The van der Waals surface area contributed by atoms with E-state index in [-0.39, 0.29) is 5.82 Å². The van der Waals surface area contributed by atoms with Crippen molar-refractivity contribution in [3.8, 4) is 5.75 Å². The molecule has 0 amide bonds. The van der Waals surface area contributed by atoms with E-state index in [0.717, 1.165) is 51.3 Å². The highest BCUT2D eigenvalue weighted by Gasteiger charge is 2.20. The van der Waals surface area contributed by atoms with Gasteiger partial charge in [-0.2, -0.15) is 0 Å². The lowest BCUT2D eigenvalue weighted by Gasteiger charge is -2.33. The highest BCUT2D eigenvalue weighted by molar-refractivity contribution is 7.14. The molecule has 1 saturated heterocycles. The van der Waals surface area contributed by atoms with Crippen molar-refractivity contribution < 1.29 is 9.13 Å². The van der Waals surface area contributed by atoms with Crippen molar-refractivity contribution >= 4 is 22.3 Å². The zero-order valence-corrected chi connectivity index (χ0v) is 17.2. The second kappa shape index (κ2) is 10.9. The van der Waals surface area contributed by atoms with Crippen LogP contribution in [0.3, 0.4) is 0 Å².